The number of fused-ring (bicyclic) bond motifs is 1. The van der Waals surface area contributed by atoms with Crippen molar-refractivity contribution in [3.8, 4) is 0 Å². The molecular formula is C30H33N9O4. The monoisotopic (exact) mass is 583 g/mol. The summed E-state index contributed by atoms with van der Waals surface area (Å²) in [5.74, 6) is 0.505. The summed E-state index contributed by atoms with van der Waals surface area (Å²) in [6.45, 7) is 4.03. The molecule has 5 heterocycles. The SMILES string of the molecule is Cc1noc([C@@H]2CNC[C@H]2NC(=O)CN2CN(c3ccccc3)C3(CCN(C(=O)c4ccc5[nH]ncc5c4)CC3)C2=O)n1. The van der Waals surface area contributed by atoms with E-state index in [2.05, 4.69) is 35.9 Å². The first-order valence-corrected chi connectivity index (χ1v) is 14.6. The molecule has 43 heavy (non-hydrogen) atoms. The molecule has 0 saturated carbocycles. The lowest BCUT2D eigenvalue weighted by atomic mass is 9.85. The van der Waals surface area contributed by atoms with Crippen LogP contribution in [0.1, 0.15) is 40.8 Å². The summed E-state index contributed by atoms with van der Waals surface area (Å²) in [4.78, 5) is 50.7. The van der Waals surface area contributed by atoms with Crippen molar-refractivity contribution < 1.29 is 18.9 Å². The van der Waals surface area contributed by atoms with Gasteiger partial charge in [0.2, 0.25) is 11.8 Å². The molecule has 13 nitrogen and oxygen atoms in total. The summed E-state index contributed by atoms with van der Waals surface area (Å²) in [6.07, 6.45) is 2.62. The number of H-pyrrole nitrogens is 1. The van der Waals surface area contributed by atoms with Crippen LogP contribution in [0.2, 0.25) is 0 Å². The number of hydrogen-bond acceptors (Lipinski definition) is 9. The van der Waals surface area contributed by atoms with E-state index in [-0.39, 0.29) is 42.9 Å². The third-order valence-electron chi connectivity index (χ3n) is 8.90. The smallest absolute Gasteiger partial charge is 0.253 e. The average Bonchev–Trinajstić information content (AvgIpc) is 3.82. The summed E-state index contributed by atoms with van der Waals surface area (Å²) < 4.78 is 5.36. The number of aromatic nitrogens is 4. The highest BCUT2D eigenvalue weighted by molar-refractivity contribution is 5.99. The average molecular weight is 584 g/mol. The zero-order valence-electron chi connectivity index (χ0n) is 23.8. The van der Waals surface area contributed by atoms with Crippen LogP contribution in [0.4, 0.5) is 5.69 Å². The van der Waals surface area contributed by atoms with E-state index in [9.17, 15) is 14.4 Å². The second-order valence-corrected chi connectivity index (χ2v) is 11.5. The van der Waals surface area contributed by atoms with E-state index in [0.29, 0.717) is 56.3 Å². The van der Waals surface area contributed by atoms with Crippen LogP contribution >= 0.6 is 0 Å². The molecule has 3 N–H and O–H groups in total. The number of aryl methyl sites for hydroxylation is 1. The molecule has 0 bridgehead atoms. The fourth-order valence-corrected chi connectivity index (χ4v) is 6.64. The second kappa shape index (κ2) is 10.8. The minimum atomic E-state index is -0.842. The molecule has 2 atom stereocenters. The molecule has 0 radical (unpaired) electrons. The van der Waals surface area contributed by atoms with Gasteiger partial charge in [-0.3, -0.25) is 19.5 Å². The Labute approximate surface area is 247 Å². The molecule has 3 aliphatic heterocycles. The van der Waals surface area contributed by atoms with Gasteiger partial charge in [-0.15, -0.1) is 0 Å². The molecule has 3 amide bonds. The normalized spacial score (nSPS) is 21.7. The summed E-state index contributed by atoms with van der Waals surface area (Å²) >= 11 is 0. The van der Waals surface area contributed by atoms with Crippen LogP contribution < -0.4 is 15.5 Å². The Morgan fingerprint density at radius 3 is 2.70 bits per heavy atom. The number of hydrogen-bond donors (Lipinski definition) is 3. The van der Waals surface area contributed by atoms with Gasteiger partial charge in [0, 0.05) is 42.8 Å². The predicted molar refractivity (Wildman–Crippen MR) is 156 cm³/mol. The Kier molecular flexibility index (Phi) is 6.80. The molecule has 7 rings (SSSR count). The molecule has 4 aromatic rings. The quantitative estimate of drug-likeness (QED) is 0.306. The molecule has 1 spiro atoms. The van der Waals surface area contributed by atoms with E-state index in [1.54, 1.807) is 24.1 Å². The molecule has 0 aliphatic carbocycles. The largest absolute Gasteiger partial charge is 0.350 e. The van der Waals surface area contributed by atoms with Gasteiger partial charge >= 0.3 is 0 Å². The molecular weight excluding hydrogens is 550 g/mol. The van der Waals surface area contributed by atoms with Crippen LogP contribution in [0.3, 0.4) is 0 Å². The van der Waals surface area contributed by atoms with E-state index < -0.39 is 5.54 Å². The van der Waals surface area contributed by atoms with E-state index in [1.165, 1.54) is 0 Å². The topological polar surface area (TPSA) is 153 Å². The van der Waals surface area contributed by atoms with Crippen molar-refractivity contribution in [2.24, 2.45) is 0 Å². The van der Waals surface area contributed by atoms with Crippen molar-refractivity contribution in [1.82, 2.24) is 40.8 Å². The summed E-state index contributed by atoms with van der Waals surface area (Å²) in [6, 6.07) is 15.1. The van der Waals surface area contributed by atoms with Crippen molar-refractivity contribution in [3.63, 3.8) is 0 Å². The summed E-state index contributed by atoms with van der Waals surface area (Å²) in [5, 5.41) is 18.1. The number of amides is 3. The summed E-state index contributed by atoms with van der Waals surface area (Å²) in [7, 11) is 0. The van der Waals surface area contributed by atoms with Gasteiger partial charge in [0.05, 0.1) is 30.3 Å². The van der Waals surface area contributed by atoms with E-state index in [1.807, 2.05) is 47.4 Å². The Morgan fingerprint density at radius 1 is 1.12 bits per heavy atom. The number of rotatable bonds is 6. The molecule has 3 saturated heterocycles. The Morgan fingerprint density at radius 2 is 1.93 bits per heavy atom. The first-order valence-electron chi connectivity index (χ1n) is 14.6. The van der Waals surface area contributed by atoms with Gasteiger partial charge in [0.1, 0.15) is 12.1 Å². The van der Waals surface area contributed by atoms with Gasteiger partial charge < -0.3 is 29.9 Å². The number of para-hydroxylation sites is 1. The Hall–Kier alpha value is -4.78. The molecule has 13 heteroatoms. The maximum atomic E-state index is 14.1. The third kappa shape index (κ3) is 4.88. The third-order valence-corrected chi connectivity index (χ3v) is 8.90. The maximum Gasteiger partial charge on any atom is 0.253 e. The first kappa shape index (κ1) is 27.1. The van der Waals surface area contributed by atoms with Crippen LogP contribution in [-0.2, 0) is 9.59 Å². The number of anilines is 1. The molecule has 2 aromatic carbocycles. The lowest BCUT2D eigenvalue weighted by Gasteiger charge is -2.43. The van der Waals surface area contributed by atoms with Gasteiger partial charge in [0.15, 0.2) is 5.82 Å². The predicted octanol–water partition coefficient (Wildman–Crippen LogP) is 1.41. The van der Waals surface area contributed by atoms with Crippen LogP contribution in [0, 0.1) is 6.92 Å². The zero-order chi connectivity index (χ0) is 29.6. The molecule has 222 valence electrons. The fraction of sp³-hybridized carbons (Fsp3) is 0.400. The highest BCUT2D eigenvalue weighted by Gasteiger charge is 2.54. The Balaban J connectivity index is 1.06. The fourth-order valence-electron chi connectivity index (χ4n) is 6.64. The standard InChI is InChI=1S/C30H33N9O4/c1-19-33-27(43-36-19)23-15-31-16-25(23)34-26(40)17-38-18-39(22-5-3-2-4-6-22)30(29(38)42)9-11-37(12-10-30)28(41)20-7-8-24-21(13-20)14-32-35-24/h2-8,13-14,23,25,31H,9-12,15-18H2,1H3,(H,32,35)(H,34,40)/t23-,25-/m1/s1. The minimum Gasteiger partial charge on any atom is -0.350 e. The van der Waals surface area contributed by atoms with Crippen molar-refractivity contribution in [2.75, 3.05) is 44.3 Å². The van der Waals surface area contributed by atoms with Crippen LogP contribution in [-0.4, -0.2) is 98.8 Å². The lowest BCUT2D eigenvalue weighted by molar-refractivity contribution is -0.137. The van der Waals surface area contributed by atoms with Crippen molar-refractivity contribution in [3.05, 3.63) is 72.0 Å². The molecule has 3 aliphatic rings. The van der Waals surface area contributed by atoms with Gasteiger partial charge in [-0.05, 0) is 50.1 Å². The lowest BCUT2D eigenvalue weighted by Crippen LogP contribution is -2.57. The van der Waals surface area contributed by atoms with Gasteiger partial charge in [-0.25, -0.2) is 0 Å². The van der Waals surface area contributed by atoms with Gasteiger partial charge in [-0.1, -0.05) is 23.4 Å². The number of aromatic amines is 1. The van der Waals surface area contributed by atoms with Crippen LogP contribution in [0.15, 0.2) is 59.3 Å². The number of piperidine rings is 1. The first-order chi connectivity index (χ1) is 20.9. The molecule has 2 aromatic heterocycles. The van der Waals surface area contributed by atoms with E-state index in [4.69, 9.17) is 4.52 Å². The second-order valence-electron chi connectivity index (χ2n) is 11.5. The highest BCUT2D eigenvalue weighted by atomic mass is 16.5. The molecule has 3 fully saturated rings. The van der Waals surface area contributed by atoms with E-state index >= 15 is 0 Å². The Bertz CT molecular complexity index is 1660. The number of nitrogens with one attached hydrogen (secondary N) is 3. The number of benzene rings is 2. The van der Waals surface area contributed by atoms with Gasteiger partial charge in [0.25, 0.3) is 11.8 Å². The minimum absolute atomic E-state index is 0.0661. The number of nitrogens with zero attached hydrogens (tertiary/aromatic N) is 6. The van der Waals surface area contributed by atoms with Crippen LogP contribution in [0.25, 0.3) is 10.9 Å². The van der Waals surface area contributed by atoms with Gasteiger partial charge in [-0.2, -0.15) is 10.1 Å². The van der Waals surface area contributed by atoms with Crippen molar-refractivity contribution >= 4 is 34.3 Å². The number of likely N-dealkylation sites (tertiary alicyclic amines) is 1. The maximum absolute atomic E-state index is 14.1. The number of carbonyl (C=O) groups is 3. The van der Waals surface area contributed by atoms with Crippen molar-refractivity contribution in [2.45, 2.75) is 37.3 Å². The van der Waals surface area contributed by atoms with Crippen molar-refractivity contribution in [1.29, 1.82) is 0 Å². The summed E-state index contributed by atoms with van der Waals surface area (Å²) in [5.41, 5.74) is 1.54. The molecule has 0 unspecified atom stereocenters. The number of carbonyl (C=O) groups excluding carboxylic acids is 3. The van der Waals surface area contributed by atoms with E-state index in [0.717, 1.165) is 16.6 Å². The zero-order valence-corrected chi connectivity index (χ0v) is 23.8. The van der Waals surface area contributed by atoms with Crippen LogP contribution in [0.5, 0.6) is 0 Å². The highest BCUT2D eigenvalue weighted by Crippen LogP contribution is 2.39.